The third-order valence-corrected chi connectivity index (χ3v) is 3.44. The second-order valence-corrected chi connectivity index (χ2v) is 5.74. The molecule has 0 aromatic heterocycles. The van der Waals surface area contributed by atoms with Crippen molar-refractivity contribution in [2.24, 2.45) is 5.92 Å². The topological polar surface area (TPSA) is 58.6 Å². The van der Waals surface area contributed by atoms with Crippen molar-refractivity contribution < 1.29 is 14.6 Å². The van der Waals surface area contributed by atoms with Crippen LogP contribution >= 0.6 is 11.6 Å². The summed E-state index contributed by atoms with van der Waals surface area (Å²) in [6.45, 7) is 6.77. The molecule has 0 heterocycles. The predicted octanol–water partition coefficient (Wildman–Crippen LogP) is 2.80. The lowest BCUT2D eigenvalue weighted by Gasteiger charge is -2.14. The molecular weight excluding hydrogens is 290 g/mol. The number of carbonyl (C=O) groups excluding carboxylic acids is 1. The van der Waals surface area contributed by atoms with Gasteiger partial charge in [-0.3, -0.25) is 4.79 Å². The number of aliphatic hydroxyl groups is 1. The summed E-state index contributed by atoms with van der Waals surface area (Å²) in [5, 5.41) is 13.1. The van der Waals surface area contributed by atoms with Crippen LogP contribution in [0.5, 0.6) is 5.75 Å². The van der Waals surface area contributed by atoms with Crippen LogP contribution in [-0.2, 0) is 11.2 Å². The lowest BCUT2D eigenvalue weighted by atomic mass is 10.0. The molecule has 1 amide bonds. The Morgan fingerprint density at radius 1 is 1.43 bits per heavy atom. The maximum atomic E-state index is 11.7. The van der Waals surface area contributed by atoms with Gasteiger partial charge in [0, 0.05) is 11.6 Å². The molecule has 1 atom stereocenters. The Morgan fingerprint density at radius 3 is 2.76 bits per heavy atom. The van der Waals surface area contributed by atoms with Gasteiger partial charge in [0.25, 0.3) is 0 Å². The fourth-order valence-electron chi connectivity index (χ4n) is 1.87. The number of amides is 1. The number of benzene rings is 1. The minimum atomic E-state index is -0.602. The van der Waals surface area contributed by atoms with E-state index in [9.17, 15) is 9.90 Å². The first-order chi connectivity index (χ1) is 9.93. The van der Waals surface area contributed by atoms with Crippen molar-refractivity contribution in [1.82, 2.24) is 5.32 Å². The standard InChI is InChI=1S/C16H24ClNO3/c1-4-21-15-6-5-13(17)9-12(15)7-8-18-16(20)10-14(19)11(2)3/h5-6,9,11,14,19H,4,7-8,10H2,1-3H3,(H,18,20). The second kappa shape index (κ2) is 8.90. The van der Waals surface area contributed by atoms with Crippen molar-refractivity contribution in [3.8, 4) is 5.75 Å². The Morgan fingerprint density at radius 2 is 2.14 bits per heavy atom. The predicted molar refractivity (Wildman–Crippen MR) is 84.8 cm³/mol. The molecule has 1 rings (SSSR count). The van der Waals surface area contributed by atoms with E-state index >= 15 is 0 Å². The molecule has 0 radical (unpaired) electrons. The highest BCUT2D eigenvalue weighted by atomic mass is 35.5. The van der Waals surface area contributed by atoms with Crippen LogP contribution in [-0.4, -0.2) is 30.3 Å². The van der Waals surface area contributed by atoms with E-state index in [1.54, 1.807) is 6.07 Å². The maximum Gasteiger partial charge on any atom is 0.222 e. The molecule has 5 heteroatoms. The van der Waals surface area contributed by atoms with E-state index in [4.69, 9.17) is 16.3 Å². The summed E-state index contributed by atoms with van der Waals surface area (Å²) in [5.74, 6) is 0.725. The third kappa shape index (κ3) is 6.36. The lowest BCUT2D eigenvalue weighted by molar-refractivity contribution is -0.123. The first kappa shape index (κ1) is 17.8. The summed E-state index contributed by atoms with van der Waals surface area (Å²) < 4.78 is 5.53. The monoisotopic (exact) mass is 313 g/mol. The zero-order valence-corrected chi connectivity index (χ0v) is 13.6. The van der Waals surface area contributed by atoms with Gasteiger partial charge in [-0.15, -0.1) is 0 Å². The molecule has 2 N–H and O–H groups in total. The minimum absolute atomic E-state index is 0.0771. The molecule has 0 fully saturated rings. The van der Waals surface area contributed by atoms with E-state index in [-0.39, 0.29) is 18.2 Å². The van der Waals surface area contributed by atoms with Gasteiger partial charge in [0.15, 0.2) is 0 Å². The average molecular weight is 314 g/mol. The molecule has 0 aliphatic rings. The number of halogens is 1. The molecule has 0 bridgehead atoms. The summed E-state index contributed by atoms with van der Waals surface area (Å²) >= 11 is 5.99. The Labute approximate surface area is 131 Å². The summed E-state index contributed by atoms with van der Waals surface area (Å²) in [4.78, 5) is 11.7. The Hall–Kier alpha value is -1.26. The first-order valence-electron chi connectivity index (χ1n) is 7.30. The summed E-state index contributed by atoms with van der Waals surface area (Å²) in [6.07, 6.45) is 0.167. The number of ether oxygens (including phenoxy) is 1. The highest BCUT2D eigenvalue weighted by Gasteiger charge is 2.14. The van der Waals surface area contributed by atoms with Crippen molar-refractivity contribution >= 4 is 17.5 Å². The van der Waals surface area contributed by atoms with E-state index in [2.05, 4.69) is 5.32 Å². The van der Waals surface area contributed by atoms with Crippen molar-refractivity contribution in [1.29, 1.82) is 0 Å². The molecule has 0 aliphatic carbocycles. The SMILES string of the molecule is CCOc1ccc(Cl)cc1CCNC(=O)CC(O)C(C)C. The molecule has 1 aromatic rings. The summed E-state index contributed by atoms with van der Waals surface area (Å²) in [7, 11) is 0. The van der Waals surface area contributed by atoms with Crippen molar-refractivity contribution in [3.63, 3.8) is 0 Å². The van der Waals surface area contributed by atoms with Crippen LogP contribution in [0.1, 0.15) is 32.8 Å². The van der Waals surface area contributed by atoms with Gasteiger partial charge in [0.1, 0.15) is 5.75 Å². The highest BCUT2D eigenvalue weighted by molar-refractivity contribution is 6.30. The van der Waals surface area contributed by atoms with Crippen LogP contribution in [0.2, 0.25) is 5.02 Å². The third-order valence-electron chi connectivity index (χ3n) is 3.20. The number of carbonyl (C=O) groups is 1. The van der Waals surface area contributed by atoms with Gasteiger partial charge in [-0.25, -0.2) is 0 Å². The van der Waals surface area contributed by atoms with Gasteiger partial charge >= 0.3 is 0 Å². The zero-order valence-electron chi connectivity index (χ0n) is 12.9. The molecular formula is C16H24ClNO3. The van der Waals surface area contributed by atoms with Gasteiger partial charge in [0.05, 0.1) is 19.1 Å². The van der Waals surface area contributed by atoms with Crippen LogP contribution in [0.4, 0.5) is 0 Å². The molecule has 4 nitrogen and oxygen atoms in total. The molecule has 0 aliphatic heterocycles. The van der Waals surface area contributed by atoms with Crippen LogP contribution in [0, 0.1) is 5.92 Å². The molecule has 118 valence electrons. The average Bonchev–Trinajstić information content (AvgIpc) is 2.41. The smallest absolute Gasteiger partial charge is 0.222 e. The van der Waals surface area contributed by atoms with E-state index in [0.717, 1.165) is 11.3 Å². The fraction of sp³-hybridized carbons (Fsp3) is 0.562. The Bertz CT molecular complexity index is 463. The van der Waals surface area contributed by atoms with Gasteiger partial charge in [-0.2, -0.15) is 0 Å². The van der Waals surface area contributed by atoms with Crippen LogP contribution in [0.15, 0.2) is 18.2 Å². The van der Waals surface area contributed by atoms with Crippen LogP contribution in [0.3, 0.4) is 0 Å². The quantitative estimate of drug-likeness (QED) is 0.776. The van der Waals surface area contributed by atoms with E-state index in [1.165, 1.54) is 0 Å². The van der Waals surface area contributed by atoms with E-state index < -0.39 is 6.10 Å². The van der Waals surface area contributed by atoms with Crippen LogP contribution in [0.25, 0.3) is 0 Å². The number of aliphatic hydroxyl groups excluding tert-OH is 1. The van der Waals surface area contributed by atoms with Crippen molar-refractivity contribution in [2.45, 2.75) is 39.7 Å². The van der Waals surface area contributed by atoms with E-state index in [0.29, 0.717) is 24.6 Å². The zero-order chi connectivity index (χ0) is 15.8. The number of nitrogens with one attached hydrogen (secondary N) is 1. The molecule has 0 saturated heterocycles. The second-order valence-electron chi connectivity index (χ2n) is 5.30. The molecule has 0 saturated carbocycles. The molecule has 21 heavy (non-hydrogen) atoms. The van der Waals surface area contributed by atoms with Gasteiger partial charge in [-0.1, -0.05) is 25.4 Å². The minimum Gasteiger partial charge on any atom is -0.494 e. The Kier molecular flexibility index (Phi) is 7.54. The largest absolute Gasteiger partial charge is 0.494 e. The van der Waals surface area contributed by atoms with Gasteiger partial charge < -0.3 is 15.2 Å². The molecule has 0 spiro atoms. The highest BCUT2D eigenvalue weighted by Crippen LogP contribution is 2.23. The number of rotatable bonds is 8. The number of hydrogen-bond acceptors (Lipinski definition) is 3. The Balaban J connectivity index is 2.48. The van der Waals surface area contributed by atoms with Gasteiger partial charge in [0.2, 0.25) is 5.91 Å². The number of hydrogen-bond donors (Lipinski definition) is 2. The van der Waals surface area contributed by atoms with Crippen LogP contribution < -0.4 is 10.1 Å². The first-order valence-corrected chi connectivity index (χ1v) is 7.67. The van der Waals surface area contributed by atoms with Crippen molar-refractivity contribution in [2.75, 3.05) is 13.2 Å². The fourth-order valence-corrected chi connectivity index (χ4v) is 2.07. The summed E-state index contributed by atoms with van der Waals surface area (Å²) in [5.41, 5.74) is 0.967. The summed E-state index contributed by atoms with van der Waals surface area (Å²) in [6, 6.07) is 5.47. The van der Waals surface area contributed by atoms with Crippen molar-refractivity contribution in [3.05, 3.63) is 28.8 Å². The lowest BCUT2D eigenvalue weighted by Crippen LogP contribution is -2.31. The van der Waals surface area contributed by atoms with Gasteiger partial charge in [-0.05, 0) is 43.0 Å². The van der Waals surface area contributed by atoms with E-state index in [1.807, 2.05) is 32.9 Å². The maximum absolute atomic E-state index is 11.7. The molecule has 1 unspecified atom stereocenters. The molecule has 1 aromatic carbocycles. The normalized spacial score (nSPS) is 12.3.